The topological polar surface area (TPSA) is 15.3 Å². The van der Waals surface area contributed by atoms with Crippen LogP contribution in [0.25, 0.3) is 11.1 Å². The van der Waals surface area contributed by atoms with Gasteiger partial charge in [-0.25, -0.2) is 5.01 Å². The summed E-state index contributed by atoms with van der Waals surface area (Å²) in [5, 5.41) is 2.45. The van der Waals surface area contributed by atoms with E-state index in [4.69, 9.17) is 0 Å². The van der Waals surface area contributed by atoms with Crippen molar-refractivity contribution < 1.29 is 0 Å². The Morgan fingerprint density at radius 3 is 2.36 bits per heavy atom. The first-order chi connectivity index (χ1) is 12.8. The van der Waals surface area contributed by atoms with E-state index in [0.29, 0.717) is 5.41 Å². The van der Waals surface area contributed by atoms with E-state index in [-0.39, 0.29) is 17.8 Å². The Morgan fingerprint density at radius 2 is 1.71 bits per heavy atom. The van der Waals surface area contributed by atoms with Crippen LogP contribution in [0, 0.1) is 16.7 Å². The Hall–Kier alpha value is -1.09. The smallest absolute Gasteiger partial charge is 0.0356 e. The van der Waals surface area contributed by atoms with Gasteiger partial charge < -0.3 is 0 Å². The Kier molecular flexibility index (Phi) is 6.44. The third-order valence-corrected chi connectivity index (χ3v) is 6.25. The van der Waals surface area contributed by atoms with Crippen LogP contribution >= 0.6 is 12.4 Å². The Labute approximate surface area is 177 Å². The standard InChI is InChI=1S/C25H36N2.ClH/c1-24(2)14-21(15-25(3,4)18-24)23-10-6-5-9-22(23)20-8-7-13-27(26-16-20)17-19-11-12-19;/h5-6,8-10,14,19,26H,7,11-13,15-18H2,1-4H3;1H. The second-order valence-corrected chi connectivity index (χ2v) is 10.5. The number of hydrogen-bond donors (Lipinski definition) is 1. The van der Waals surface area contributed by atoms with E-state index in [1.54, 1.807) is 0 Å². The summed E-state index contributed by atoms with van der Waals surface area (Å²) in [4.78, 5) is 0. The number of hydrogen-bond acceptors (Lipinski definition) is 2. The van der Waals surface area contributed by atoms with Crippen molar-refractivity contribution in [2.24, 2.45) is 16.7 Å². The molecule has 154 valence electrons. The second-order valence-electron chi connectivity index (χ2n) is 10.5. The third kappa shape index (κ3) is 5.28. The number of nitrogens with zero attached hydrogens (tertiary/aromatic N) is 1. The van der Waals surface area contributed by atoms with E-state index < -0.39 is 0 Å². The summed E-state index contributed by atoms with van der Waals surface area (Å²) < 4.78 is 0. The van der Waals surface area contributed by atoms with E-state index >= 15 is 0 Å². The molecule has 1 heterocycles. The zero-order valence-corrected chi connectivity index (χ0v) is 18.9. The van der Waals surface area contributed by atoms with Crippen molar-refractivity contribution in [2.75, 3.05) is 19.6 Å². The van der Waals surface area contributed by atoms with Crippen molar-refractivity contribution in [1.82, 2.24) is 10.4 Å². The number of halogens is 1. The van der Waals surface area contributed by atoms with E-state index in [0.717, 1.165) is 25.4 Å². The molecule has 0 bridgehead atoms. The van der Waals surface area contributed by atoms with Crippen LogP contribution in [0.1, 0.15) is 70.9 Å². The minimum atomic E-state index is 0. The van der Waals surface area contributed by atoms with Crippen LogP contribution in [-0.2, 0) is 0 Å². The molecule has 2 aliphatic carbocycles. The maximum absolute atomic E-state index is 3.71. The summed E-state index contributed by atoms with van der Waals surface area (Å²) in [7, 11) is 0. The van der Waals surface area contributed by atoms with E-state index in [2.05, 4.69) is 74.5 Å². The number of hydrazine groups is 1. The molecule has 1 aromatic rings. The zero-order valence-electron chi connectivity index (χ0n) is 18.1. The molecule has 0 amide bonds. The molecule has 0 saturated heterocycles. The van der Waals surface area contributed by atoms with Gasteiger partial charge >= 0.3 is 0 Å². The van der Waals surface area contributed by atoms with Crippen molar-refractivity contribution in [1.29, 1.82) is 0 Å². The highest BCUT2D eigenvalue weighted by Crippen LogP contribution is 2.48. The quantitative estimate of drug-likeness (QED) is 0.634. The number of nitrogens with one attached hydrogen (secondary N) is 1. The van der Waals surface area contributed by atoms with Crippen LogP contribution in [0.4, 0.5) is 0 Å². The first-order valence-corrected chi connectivity index (χ1v) is 10.8. The Balaban J connectivity index is 0.00000225. The monoisotopic (exact) mass is 400 g/mol. The minimum Gasteiger partial charge on any atom is -0.251 e. The number of allylic oxidation sites excluding steroid dienone is 2. The third-order valence-electron chi connectivity index (χ3n) is 6.25. The molecule has 0 aromatic heterocycles. The molecular formula is C25H37ClN2. The highest BCUT2D eigenvalue weighted by Gasteiger charge is 2.34. The highest BCUT2D eigenvalue weighted by molar-refractivity contribution is 5.85. The molecule has 3 aliphatic rings. The highest BCUT2D eigenvalue weighted by atomic mass is 35.5. The molecule has 1 fully saturated rings. The fraction of sp³-hybridized carbons (Fsp3) is 0.600. The van der Waals surface area contributed by atoms with Gasteiger partial charge in [-0.15, -0.1) is 12.4 Å². The Bertz CT molecular complexity index is 756. The van der Waals surface area contributed by atoms with Gasteiger partial charge in [0.15, 0.2) is 0 Å². The molecule has 0 spiro atoms. The van der Waals surface area contributed by atoms with Crippen LogP contribution in [-0.4, -0.2) is 24.6 Å². The summed E-state index contributed by atoms with van der Waals surface area (Å²) >= 11 is 0. The van der Waals surface area contributed by atoms with E-state index in [9.17, 15) is 0 Å². The summed E-state index contributed by atoms with van der Waals surface area (Å²) in [5.41, 5.74) is 10.2. The van der Waals surface area contributed by atoms with Crippen molar-refractivity contribution in [2.45, 2.75) is 59.8 Å². The molecule has 28 heavy (non-hydrogen) atoms. The van der Waals surface area contributed by atoms with Crippen molar-refractivity contribution in [3.8, 4) is 0 Å². The van der Waals surface area contributed by atoms with Gasteiger partial charge in [-0.3, -0.25) is 5.43 Å². The van der Waals surface area contributed by atoms with Crippen LogP contribution in [0.5, 0.6) is 0 Å². The van der Waals surface area contributed by atoms with E-state index in [1.165, 1.54) is 54.5 Å². The first kappa shape index (κ1) is 21.6. The molecule has 3 heteroatoms. The SMILES string of the molecule is CC1(C)C=C(c2ccccc2C2=CCCN(CC3CC3)NC2)CC(C)(C)C1.Cl. The van der Waals surface area contributed by atoms with Crippen LogP contribution in [0.15, 0.2) is 36.4 Å². The van der Waals surface area contributed by atoms with Crippen LogP contribution < -0.4 is 5.43 Å². The predicted molar refractivity (Wildman–Crippen MR) is 123 cm³/mol. The summed E-state index contributed by atoms with van der Waals surface area (Å²) in [5.74, 6) is 0.934. The largest absolute Gasteiger partial charge is 0.251 e. The van der Waals surface area contributed by atoms with Gasteiger partial charge in [-0.05, 0) is 71.1 Å². The molecular weight excluding hydrogens is 364 g/mol. The molecule has 1 saturated carbocycles. The molecule has 0 radical (unpaired) electrons. The Morgan fingerprint density at radius 1 is 1.04 bits per heavy atom. The average Bonchev–Trinajstić information content (AvgIpc) is 3.40. The maximum Gasteiger partial charge on any atom is 0.0356 e. The second kappa shape index (κ2) is 8.34. The van der Waals surface area contributed by atoms with Crippen molar-refractivity contribution in [3.05, 3.63) is 47.5 Å². The molecule has 1 aromatic carbocycles. The van der Waals surface area contributed by atoms with Gasteiger partial charge in [-0.1, -0.05) is 64.1 Å². The molecule has 0 atom stereocenters. The molecule has 1 aliphatic heterocycles. The lowest BCUT2D eigenvalue weighted by molar-refractivity contribution is 0.197. The van der Waals surface area contributed by atoms with Gasteiger partial charge in [0.25, 0.3) is 0 Å². The first-order valence-electron chi connectivity index (χ1n) is 10.8. The van der Waals surface area contributed by atoms with Crippen molar-refractivity contribution >= 4 is 23.6 Å². The molecule has 2 nitrogen and oxygen atoms in total. The number of rotatable bonds is 4. The fourth-order valence-corrected chi connectivity index (χ4v) is 5.32. The zero-order chi connectivity index (χ0) is 19.1. The van der Waals surface area contributed by atoms with Crippen LogP contribution in [0.2, 0.25) is 0 Å². The average molecular weight is 401 g/mol. The van der Waals surface area contributed by atoms with Gasteiger partial charge in [-0.2, -0.15) is 0 Å². The van der Waals surface area contributed by atoms with E-state index in [1.807, 2.05) is 0 Å². The predicted octanol–water partition coefficient (Wildman–Crippen LogP) is 6.34. The summed E-state index contributed by atoms with van der Waals surface area (Å²) in [6.45, 7) is 12.9. The van der Waals surface area contributed by atoms with Gasteiger partial charge in [0.05, 0.1) is 0 Å². The molecule has 4 rings (SSSR count). The lowest BCUT2D eigenvalue weighted by Crippen LogP contribution is -2.39. The molecule has 1 N–H and O–H groups in total. The van der Waals surface area contributed by atoms with Crippen molar-refractivity contribution in [3.63, 3.8) is 0 Å². The summed E-state index contributed by atoms with van der Waals surface area (Å²) in [6.07, 6.45) is 11.4. The van der Waals surface area contributed by atoms with Gasteiger partial charge in [0.1, 0.15) is 0 Å². The van der Waals surface area contributed by atoms with Gasteiger partial charge in [0.2, 0.25) is 0 Å². The fourth-order valence-electron chi connectivity index (χ4n) is 5.32. The maximum atomic E-state index is 3.71. The van der Waals surface area contributed by atoms with Gasteiger partial charge in [0, 0.05) is 19.6 Å². The lowest BCUT2D eigenvalue weighted by Gasteiger charge is -2.40. The summed E-state index contributed by atoms with van der Waals surface area (Å²) in [6, 6.07) is 9.08. The molecule has 0 unspecified atom stereocenters. The number of benzene rings is 1. The minimum absolute atomic E-state index is 0. The lowest BCUT2D eigenvalue weighted by atomic mass is 9.65. The van der Waals surface area contributed by atoms with Crippen LogP contribution in [0.3, 0.4) is 0 Å². The normalized spacial score (nSPS) is 24.6.